The molecule has 3 aromatic rings. The average molecular weight is 425 g/mol. The van der Waals surface area contributed by atoms with Crippen molar-refractivity contribution in [2.45, 2.75) is 34.3 Å². The van der Waals surface area contributed by atoms with Crippen LogP contribution in [0, 0.1) is 13.8 Å². The standard InChI is InChI=1S/C23H24N2O4S/c1-5-28-21-12-7-6-10-19(21)22(27)29-13-18-14-30-23(24-18)25(17(4)26)20-11-8-9-15(2)16(20)3/h6-12,14H,5,13H2,1-4H3. The van der Waals surface area contributed by atoms with E-state index in [2.05, 4.69) is 4.98 Å². The fourth-order valence-electron chi connectivity index (χ4n) is 2.98. The Labute approximate surface area is 180 Å². The van der Waals surface area contributed by atoms with E-state index in [1.165, 1.54) is 18.3 Å². The molecule has 0 fully saturated rings. The Hall–Kier alpha value is -3.19. The summed E-state index contributed by atoms with van der Waals surface area (Å²) < 4.78 is 10.9. The van der Waals surface area contributed by atoms with Gasteiger partial charge in [-0.25, -0.2) is 9.78 Å². The molecule has 0 N–H and O–H groups in total. The Morgan fingerprint density at radius 2 is 1.87 bits per heavy atom. The van der Waals surface area contributed by atoms with E-state index < -0.39 is 5.97 Å². The van der Waals surface area contributed by atoms with E-state index in [-0.39, 0.29) is 12.5 Å². The van der Waals surface area contributed by atoms with Crippen LogP contribution < -0.4 is 9.64 Å². The molecule has 0 saturated carbocycles. The summed E-state index contributed by atoms with van der Waals surface area (Å²) in [5.41, 5.74) is 3.86. The van der Waals surface area contributed by atoms with Crippen LogP contribution in [0.4, 0.5) is 10.8 Å². The summed E-state index contributed by atoms with van der Waals surface area (Å²) in [6.45, 7) is 7.81. The molecule has 0 unspecified atom stereocenters. The maximum absolute atomic E-state index is 12.5. The van der Waals surface area contributed by atoms with Gasteiger partial charge in [-0.1, -0.05) is 24.3 Å². The molecular weight excluding hydrogens is 400 g/mol. The molecule has 3 rings (SSSR count). The lowest BCUT2D eigenvalue weighted by Gasteiger charge is -2.21. The van der Waals surface area contributed by atoms with Crippen LogP contribution in [0.1, 0.15) is 41.0 Å². The first-order chi connectivity index (χ1) is 14.4. The van der Waals surface area contributed by atoms with Crippen LogP contribution in [0.25, 0.3) is 0 Å². The highest BCUT2D eigenvalue weighted by Gasteiger charge is 2.21. The summed E-state index contributed by atoms with van der Waals surface area (Å²) in [7, 11) is 0. The fourth-order valence-corrected chi connectivity index (χ4v) is 3.85. The molecule has 0 saturated heterocycles. The fraction of sp³-hybridized carbons (Fsp3) is 0.261. The second-order valence-corrected chi connectivity index (χ2v) is 7.54. The van der Waals surface area contributed by atoms with Crippen molar-refractivity contribution in [3.05, 3.63) is 70.2 Å². The third-order valence-corrected chi connectivity index (χ3v) is 5.50. The summed E-state index contributed by atoms with van der Waals surface area (Å²) in [5.74, 6) is -0.125. The monoisotopic (exact) mass is 424 g/mol. The Morgan fingerprint density at radius 1 is 1.10 bits per heavy atom. The van der Waals surface area contributed by atoms with Crippen molar-refractivity contribution < 1.29 is 19.1 Å². The maximum Gasteiger partial charge on any atom is 0.342 e. The van der Waals surface area contributed by atoms with Gasteiger partial charge in [-0.05, 0) is 50.1 Å². The van der Waals surface area contributed by atoms with E-state index in [1.54, 1.807) is 34.5 Å². The number of rotatable bonds is 7. The Kier molecular flexibility index (Phi) is 6.84. The molecule has 0 aliphatic heterocycles. The number of aromatic nitrogens is 1. The van der Waals surface area contributed by atoms with Crippen molar-refractivity contribution in [3.63, 3.8) is 0 Å². The molecule has 0 spiro atoms. The van der Waals surface area contributed by atoms with Gasteiger partial charge >= 0.3 is 5.97 Å². The normalized spacial score (nSPS) is 10.5. The van der Waals surface area contributed by atoms with Crippen LogP contribution >= 0.6 is 11.3 Å². The number of amides is 1. The molecule has 1 aromatic heterocycles. The van der Waals surface area contributed by atoms with Crippen molar-refractivity contribution >= 4 is 34.0 Å². The van der Waals surface area contributed by atoms with Gasteiger partial charge in [-0.3, -0.25) is 9.69 Å². The molecule has 0 aliphatic carbocycles. The zero-order chi connectivity index (χ0) is 21.7. The van der Waals surface area contributed by atoms with E-state index in [1.807, 2.05) is 39.0 Å². The van der Waals surface area contributed by atoms with Crippen molar-refractivity contribution in [2.24, 2.45) is 0 Å². The Balaban J connectivity index is 1.76. The molecule has 1 amide bonds. The van der Waals surface area contributed by atoms with Gasteiger partial charge in [0.25, 0.3) is 0 Å². The molecule has 0 radical (unpaired) electrons. The van der Waals surface area contributed by atoms with Gasteiger partial charge in [0.1, 0.15) is 17.9 Å². The number of carbonyl (C=O) groups excluding carboxylic acids is 2. The van der Waals surface area contributed by atoms with E-state index in [0.29, 0.717) is 28.7 Å². The molecule has 2 aromatic carbocycles. The predicted molar refractivity (Wildman–Crippen MR) is 118 cm³/mol. The number of ether oxygens (including phenoxy) is 2. The molecule has 7 heteroatoms. The van der Waals surface area contributed by atoms with Gasteiger partial charge in [-0.2, -0.15) is 0 Å². The zero-order valence-corrected chi connectivity index (χ0v) is 18.3. The number of thiazole rings is 1. The Morgan fingerprint density at radius 3 is 2.60 bits per heavy atom. The van der Waals surface area contributed by atoms with Gasteiger partial charge in [0.05, 0.1) is 18.0 Å². The van der Waals surface area contributed by atoms with Crippen molar-refractivity contribution in [2.75, 3.05) is 11.5 Å². The lowest BCUT2D eigenvalue weighted by Crippen LogP contribution is -2.23. The summed E-state index contributed by atoms with van der Waals surface area (Å²) in [4.78, 5) is 30.9. The minimum absolute atomic E-state index is 0.00827. The first-order valence-electron chi connectivity index (χ1n) is 9.62. The van der Waals surface area contributed by atoms with Crippen LogP contribution in [-0.2, 0) is 16.1 Å². The molecular formula is C23H24N2O4S. The molecule has 0 atom stereocenters. The summed E-state index contributed by atoms with van der Waals surface area (Å²) >= 11 is 1.33. The van der Waals surface area contributed by atoms with Crippen molar-refractivity contribution in [1.29, 1.82) is 0 Å². The lowest BCUT2D eigenvalue weighted by molar-refractivity contribution is -0.115. The molecule has 6 nitrogen and oxygen atoms in total. The quantitative estimate of drug-likeness (QED) is 0.488. The highest BCUT2D eigenvalue weighted by molar-refractivity contribution is 7.14. The first kappa shape index (κ1) is 21.5. The van der Waals surface area contributed by atoms with Crippen LogP contribution in [0.15, 0.2) is 47.8 Å². The topological polar surface area (TPSA) is 68.7 Å². The largest absolute Gasteiger partial charge is 0.493 e. The lowest BCUT2D eigenvalue weighted by atomic mass is 10.1. The summed E-state index contributed by atoms with van der Waals surface area (Å²) in [6.07, 6.45) is 0. The van der Waals surface area contributed by atoms with Gasteiger partial charge in [0.2, 0.25) is 5.91 Å². The number of hydrogen-bond acceptors (Lipinski definition) is 6. The number of nitrogens with zero attached hydrogens (tertiary/aromatic N) is 2. The van der Waals surface area contributed by atoms with Crippen molar-refractivity contribution in [3.8, 4) is 5.75 Å². The number of para-hydroxylation sites is 1. The van der Waals surface area contributed by atoms with E-state index >= 15 is 0 Å². The minimum Gasteiger partial charge on any atom is -0.493 e. The van der Waals surface area contributed by atoms with Crippen LogP contribution in [0.2, 0.25) is 0 Å². The number of hydrogen-bond donors (Lipinski definition) is 0. The van der Waals surface area contributed by atoms with Gasteiger partial charge in [-0.15, -0.1) is 11.3 Å². The van der Waals surface area contributed by atoms with E-state index in [4.69, 9.17) is 9.47 Å². The second-order valence-electron chi connectivity index (χ2n) is 6.70. The number of esters is 1. The number of carbonyl (C=O) groups is 2. The second kappa shape index (κ2) is 9.54. The first-order valence-corrected chi connectivity index (χ1v) is 10.5. The van der Waals surface area contributed by atoms with Gasteiger partial charge in [0.15, 0.2) is 5.13 Å². The van der Waals surface area contributed by atoms with E-state index in [0.717, 1.165) is 16.8 Å². The minimum atomic E-state index is -0.480. The maximum atomic E-state index is 12.5. The summed E-state index contributed by atoms with van der Waals surface area (Å²) in [6, 6.07) is 12.8. The van der Waals surface area contributed by atoms with E-state index in [9.17, 15) is 9.59 Å². The molecule has 30 heavy (non-hydrogen) atoms. The molecule has 0 aliphatic rings. The SMILES string of the molecule is CCOc1ccccc1C(=O)OCc1csc(N(C(C)=O)c2cccc(C)c2C)n1. The van der Waals surface area contributed by atoms with Gasteiger partial charge < -0.3 is 9.47 Å². The Bertz CT molecular complexity index is 1060. The highest BCUT2D eigenvalue weighted by Crippen LogP contribution is 2.32. The summed E-state index contributed by atoms with van der Waals surface area (Å²) in [5, 5.41) is 2.33. The van der Waals surface area contributed by atoms with Crippen LogP contribution in [-0.4, -0.2) is 23.5 Å². The predicted octanol–water partition coefficient (Wildman–Crippen LogP) is 5.20. The zero-order valence-electron chi connectivity index (χ0n) is 17.5. The third kappa shape index (κ3) is 4.68. The average Bonchev–Trinajstić information content (AvgIpc) is 3.18. The number of benzene rings is 2. The third-order valence-electron chi connectivity index (χ3n) is 4.62. The highest BCUT2D eigenvalue weighted by atomic mass is 32.1. The van der Waals surface area contributed by atoms with Crippen LogP contribution in [0.3, 0.4) is 0 Å². The van der Waals surface area contributed by atoms with Gasteiger partial charge in [0, 0.05) is 12.3 Å². The molecule has 1 heterocycles. The number of anilines is 2. The molecule has 0 bridgehead atoms. The smallest absolute Gasteiger partial charge is 0.342 e. The number of aryl methyl sites for hydroxylation is 1. The molecule has 156 valence electrons. The van der Waals surface area contributed by atoms with Crippen molar-refractivity contribution in [1.82, 2.24) is 4.98 Å². The van der Waals surface area contributed by atoms with Crippen LogP contribution in [0.5, 0.6) is 5.75 Å².